The molecule has 3 aromatic heterocycles. The normalized spacial score (nSPS) is 10.7. The summed E-state index contributed by atoms with van der Waals surface area (Å²) in [5.74, 6) is 0. The molecule has 0 aliphatic heterocycles. The molecule has 0 saturated heterocycles. The van der Waals surface area contributed by atoms with Crippen LogP contribution < -0.4 is 0 Å². The van der Waals surface area contributed by atoms with Crippen LogP contribution in [-0.4, -0.2) is 14.4 Å². The van der Waals surface area contributed by atoms with E-state index >= 15 is 0 Å². The number of hydrogen-bond donors (Lipinski definition) is 0. The summed E-state index contributed by atoms with van der Waals surface area (Å²) in [5, 5.41) is 12.1. The highest BCUT2D eigenvalue weighted by atomic mass is 32.1. The number of fused-ring (bicyclic) bond motifs is 1. The van der Waals surface area contributed by atoms with Crippen molar-refractivity contribution in [3.63, 3.8) is 0 Å². The Labute approximate surface area is 131 Å². The molecule has 4 rings (SSSR count). The third kappa shape index (κ3) is 2.07. The lowest BCUT2D eigenvalue weighted by Gasteiger charge is -2.00. The van der Waals surface area contributed by atoms with E-state index in [0.717, 1.165) is 21.8 Å². The van der Waals surface area contributed by atoms with Gasteiger partial charge in [-0.15, -0.1) is 11.3 Å². The fraction of sp³-hybridized carbons (Fsp3) is 0. The van der Waals surface area contributed by atoms with Gasteiger partial charge < -0.3 is 4.40 Å². The summed E-state index contributed by atoms with van der Waals surface area (Å²) in [6, 6.07) is 13.9. The predicted molar refractivity (Wildman–Crippen MR) is 86.5 cm³/mol. The third-order valence-electron chi connectivity index (χ3n) is 3.44. The largest absolute Gasteiger partial charge is 0.305 e. The Hall–Kier alpha value is -2.97. The zero-order valence-corrected chi connectivity index (χ0v) is 12.3. The van der Waals surface area contributed by atoms with Crippen molar-refractivity contribution in [1.82, 2.24) is 14.4 Å². The molecule has 4 aromatic rings. The number of hydrogen-bond acceptors (Lipinski definition) is 4. The number of thiazole rings is 1. The van der Waals surface area contributed by atoms with Crippen LogP contribution in [0.4, 0.5) is 0 Å². The number of rotatable bonds is 2. The van der Waals surface area contributed by atoms with Gasteiger partial charge in [0.2, 0.25) is 0 Å². The van der Waals surface area contributed by atoms with Crippen LogP contribution in [0.5, 0.6) is 0 Å². The van der Waals surface area contributed by atoms with E-state index in [9.17, 15) is 5.26 Å². The maximum absolute atomic E-state index is 9.17. The van der Waals surface area contributed by atoms with E-state index in [1.54, 1.807) is 23.6 Å². The molecule has 0 N–H and O–H groups in total. The molecule has 0 amide bonds. The van der Waals surface area contributed by atoms with E-state index in [-0.39, 0.29) is 0 Å². The van der Waals surface area contributed by atoms with E-state index in [2.05, 4.69) is 22.1 Å². The number of nitriles is 1. The zero-order chi connectivity index (χ0) is 14.9. The molecule has 1 aromatic carbocycles. The van der Waals surface area contributed by atoms with Crippen molar-refractivity contribution >= 4 is 17.0 Å². The van der Waals surface area contributed by atoms with E-state index in [0.29, 0.717) is 11.2 Å². The van der Waals surface area contributed by atoms with Crippen molar-refractivity contribution in [3.05, 3.63) is 65.9 Å². The highest BCUT2D eigenvalue weighted by Gasteiger charge is 2.09. The van der Waals surface area contributed by atoms with Crippen molar-refractivity contribution in [3.8, 4) is 27.9 Å². The van der Waals surface area contributed by atoms with Crippen LogP contribution in [-0.2, 0) is 0 Å². The van der Waals surface area contributed by atoms with Crippen LogP contribution >= 0.6 is 11.3 Å². The number of pyridine rings is 1. The molecule has 0 spiro atoms. The number of imidazole rings is 1. The number of nitrogens with zero attached hydrogens (tertiary/aromatic N) is 4. The lowest BCUT2D eigenvalue weighted by atomic mass is 10.1. The van der Waals surface area contributed by atoms with E-state index in [1.165, 1.54) is 0 Å². The molecule has 0 aliphatic carbocycles. The van der Waals surface area contributed by atoms with Crippen molar-refractivity contribution in [1.29, 1.82) is 5.26 Å². The zero-order valence-electron chi connectivity index (χ0n) is 11.5. The molecule has 3 heterocycles. The fourth-order valence-electron chi connectivity index (χ4n) is 2.42. The van der Waals surface area contributed by atoms with Crippen LogP contribution in [0.1, 0.15) is 5.56 Å². The smallest absolute Gasteiger partial charge is 0.155 e. The molecule has 4 nitrogen and oxygen atoms in total. The average Bonchev–Trinajstić information content (AvgIpc) is 3.24. The minimum Gasteiger partial charge on any atom is -0.305 e. The summed E-state index contributed by atoms with van der Waals surface area (Å²) in [4.78, 5) is 8.94. The summed E-state index contributed by atoms with van der Waals surface area (Å²) in [7, 11) is 0. The first-order valence-electron chi connectivity index (χ1n) is 6.73. The van der Waals surface area contributed by atoms with Crippen LogP contribution in [0.15, 0.2) is 60.4 Å². The van der Waals surface area contributed by atoms with Gasteiger partial charge in [0, 0.05) is 35.1 Å². The first kappa shape index (κ1) is 12.7. The monoisotopic (exact) mass is 302 g/mol. The molecule has 0 fully saturated rings. The fourth-order valence-corrected chi connectivity index (χ4v) is 3.05. The highest BCUT2D eigenvalue weighted by Crippen LogP contribution is 2.27. The predicted octanol–water partition coefficient (Wildman–Crippen LogP) is 4.00. The molecule has 0 aliphatic rings. The summed E-state index contributed by atoms with van der Waals surface area (Å²) in [6.07, 6.45) is 5.64. The first-order chi connectivity index (χ1) is 10.8. The molecule has 22 heavy (non-hydrogen) atoms. The Morgan fingerprint density at radius 3 is 2.86 bits per heavy atom. The molecule has 0 saturated carbocycles. The van der Waals surface area contributed by atoms with Gasteiger partial charge in [-0.3, -0.25) is 0 Å². The SMILES string of the molecule is N#Cc1cccn2cc(-c3cccc(-c4nccs4)c3)nc12. The van der Waals surface area contributed by atoms with E-state index in [4.69, 9.17) is 0 Å². The summed E-state index contributed by atoms with van der Waals surface area (Å²) < 4.78 is 1.88. The Morgan fingerprint density at radius 2 is 2.05 bits per heavy atom. The summed E-state index contributed by atoms with van der Waals surface area (Å²) in [5.41, 5.74) is 4.19. The van der Waals surface area contributed by atoms with Gasteiger partial charge in [0.1, 0.15) is 11.1 Å². The topological polar surface area (TPSA) is 54.0 Å². The Morgan fingerprint density at radius 1 is 1.14 bits per heavy atom. The van der Waals surface area contributed by atoms with Gasteiger partial charge in [-0.2, -0.15) is 5.26 Å². The Balaban J connectivity index is 1.86. The van der Waals surface area contributed by atoms with E-state index in [1.807, 2.05) is 46.4 Å². The number of aromatic nitrogens is 3. The minimum atomic E-state index is 0.574. The van der Waals surface area contributed by atoms with Crippen LogP contribution in [0.3, 0.4) is 0 Å². The molecule has 0 atom stereocenters. The minimum absolute atomic E-state index is 0.574. The van der Waals surface area contributed by atoms with Crippen LogP contribution in [0, 0.1) is 11.3 Å². The lowest BCUT2D eigenvalue weighted by molar-refractivity contribution is 1.18. The Bertz CT molecular complexity index is 993. The van der Waals surface area contributed by atoms with Gasteiger partial charge in [-0.25, -0.2) is 9.97 Å². The third-order valence-corrected chi connectivity index (χ3v) is 4.26. The maximum atomic E-state index is 9.17. The second kappa shape index (κ2) is 5.10. The number of benzene rings is 1. The van der Waals surface area contributed by atoms with Gasteiger partial charge in [0.05, 0.1) is 11.3 Å². The summed E-state index contributed by atoms with van der Waals surface area (Å²) >= 11 is 1.61. The molecule has 104 valence electrons. The summed E-state index contributed by atoms with van der Waals surface area (Å²) in [6.45, 7) is 0. The van der Waals surface area contributed by atoms with Gasteiger partial charge in [0.25, 0.3) is 0 Å². The lowest BCUT2D eigenvalue weighted by Crippen LogP contribution is -1.85. The average molecular weight is 302 g/mol. The second-order valence-corrected chi connectivity index (χ2v) is 5.70. The Kier molecular flexibility index (Phi) is 2.95. The molecule has 0 radical (unpaired) electrons. The molecule has 0 bridgehead atoms. The van der Waals surface area contributed by atoms with Gasteiger partial charge in [0.15, 0.2) is 5.65 Å². The van der Waals surface area contributed by atoms with Crippen LogP contribution in [0.25, 0.3) is 27.5 Å². The standard InChI is InChI=1S/C17H10N4S/c18-10-14-5-2-7-21-11-15(20-16(14)21)12-3-1-4-13(9-12)17-19-6-8-22-17/h1-9,11H. The van der Waals surface area contributed by atoms with Gasteiger partial charge in [-0.05, 0) is 18.2 Å². The second-order valence-electron chi connectivity index (χ2n) is 4.81. The maximum Gasteiger partial charge on any atom is 0.155 e. The molecule has 0 unspecified atom stereocenters. The molecular formula is C17H10N4S. The van der Waals surface area contributed by atoms with E-state index < -0.39 is 0 Å². The first-order valence-corrected chi connectivity index (χ1v) is 7.61. The molecule has 5 heteroatoms. The van der Waals surface area contributed by atoms with Gasteiger partial charge in [-0.1, -0.05) is 18.2 Å². The van der Waals surface area contributed by atoms with Crippen molar-refractivity contribution in [2.75, 3.05) is 0 Å². The van der Waals surface area contributed by atoms with Crippen LogP contribution in [0.2, 0.25) is 0 Å². The molecular weight excluding hydrogens is 292 g/mol. The van der Waals surface area contributed by atoms with Crippen molar-refractivity contribution < 1.29 is 0 Å². The van der Waals surface area contributed by atoms with Gasteiger partial charge >= 0.3 is 0 Å². The van der Waals surface area contributed by atoms with Crippen molar-refractivity contribution in [2.24, 2.45) is 0 Å². The highest BCUT2D eigenvalue weighted by molar-refractivity contribution is 7.13. The van der Waals surface area contributed by atoms with Crippen molar-refractivity contribution in [2.45, 2.75) is 0 Å². The quantitative estimate of drug-likeness (QED) is 0.562.